The van der Waals surface area contributed by atoms with Gasteiger partial charge in [-0.3, -0.25) is 4.79 Å². The SMILES string of the molecule is O=C(Cn1nnc2ccccc21)Nc1ccc(Oc2ccccc2)cc1. The van der Waals surface area contributed by atoms with Crippen LogP contribution >= 0.6 is 0 Å². The van der Waals surface area contributed by atoms with Gasteiger partial charge in [0.05, 0.1) is 5.52 Å². The minimum absolute atomic E-state index is 0.1000. The summed E-state index contributed by atoms with van der Waals surface area (Å²) < 4.78 is 7.32. The van der Waals surface area contributed by atoms with Gasteiger partial charge in [-0.1, -0.05) is 35.5 Å². The third-order valence-electron chi connectivity index (χ3n) is 3.83. The van der Waals surface area contributed by atoms with Gasteiger partial charge in [-0.25, -0.2) is 4.68 Å². The van der Waals surface area contributed by atoms with Crippen LogP contribution < -0.4 is 10.1 Å². The summed E-state index contributed by atoms with van der Waals surface area (Å²) in [7, 11) is 0. The monoisotopic (exact) mass is 344 g/mol. The van der Waals surface area contributed by atoms with Gasteiger partial charge in [0.15, 0.2) is 0 Å². The minimum Gasteiger partial charge on any atom is -0.457 e. The second-order valence-electron chi connectivity index (χ2n) is 5.72. The first-order valence-corrected chi connectivity index (χ1v) is 8.19. The molecule has 1 heterocycles. The molecule has 1 amide bonds. The third-order valence-corrected chi connectivity index (χ3v) is 3.83. The summed E-state index contributed by atoms with van der Waals surface area (Å²) in [4.78, 5) is 12.3. The number of aromatic nitrogens is 3. The molecule has 128 valence electrons. The van der Waals surface area contributed by atoms with Gasteiger partial charge in [0.25, 0.3) is 0 Å². The van der Waals surface area contributed by atoms with E-state index >= 15 is 0 Å². The Morgan fingerprint density at radius 3 is 2.38 bits per heavy atom. The van der Waals surface area contributed by atoms with Gasteiger partial charge >= 0.3 is 0 Å². The molecule has 1 N–H and O–H groups in total. The molecule has 0 unspecified atom stereocenters. The van der Waals surface area contributed by atoms with Gasteiger partial charge in [0, 0.05) is 5.69 Å². The first-order chi connectivity index (χ1) is 12.8. The topological polar surface area (TPSA) is 69.0 Å². The van der Waals surface area contributed by atoms with Crippen LogP contribution in [0, 0.1) is 0 Å². The molecular weight excluding hydrogens is 328 g/mol. The molecule has 0 saturated carbocycles. The van der Waals surface area contributed by atoms with Crippen LogP contribution in [0.2, 0.25) is 0 Å². The van der Waals surface area contributed by atoms with Crippen LogP contribution in [-0.2, 0) is 11.3 Å². The molecule has 0 radical (unpaired) electrons. The fourth-order valence-electron chi connectivity index (χ4n) is 2.60. The van der Waals surface area contributed by atoms with Gasteiger partial charge in [-0.15, -0.1) is 5.10 Å². The van der Waals surface area contributed by atoms with E-state index in [0.29, 0.717) is 11.4 Å². The fraction of sp³-hybridized carbons (Fsp3) is 0.0500. The Hall–Kier alpha value is -3.67. The van der Waals surface area contributed by atoms with Gasteiger partial charge in [-0.2, -0.15) is 0 Å². The number of amides is 1. The van der Waals surface area contributed by atoms with E-state index in [-0.39, 0.29) is 12.5 Å². The minimum atomic E-state index is -0.169. The average molecular weight is 344 g/mol. The van der Waals surface area contributed by atoms with Crippen LogP contribution in [0.25, 0.3) is 11.0 Å². The zero-order valence-electron chi connectivity index (χ0n) is 13.9. The standard InChI is InChI=1S/C20H16N4O2/c25-20(14-24-19-9-5-4-8-18(19)22-23-24)21-15-10-12-17(13-11-15)26-16-6-2-1-3-7-16/h1-13H,14H2,(H,21,25). The maximum absolute atomic E-state index is 12.3. The molecule has 0 fully saturated rings. The quantitative estimate of drug-likeness (QED) is 0.597. The zero-order valence-corrected chi connectivity index (χ0v) is 13.9. The van der Waals surface area contributed by atoms with Crippen LogP contribution in [0.3, 0.4) is 0 Å². The van der Waals surface area contributed by atoms with Crippen molar-refractivity contribution < 1.29 is 9.53 Å². The van der Waals surface area contributed by atoms with Crippen molar-refractivity contribution in [1.29, 1.82) is 0 Å². The van der Waals surface area contributed by atoms with E-state index in [1.807, 2.05) is 66.7 Å². The van der Waals surface area contributed by atoms with E-state index in [2.05, 4.69) is 15.6 Å². The van der Waals surface area contributed by atoms with Crippen LogP contribution in [0.4, 0.5) is 5.69 Å². The summed E-state index contributed by atoms with van der Waals surface area (Å²) in [5.41, 5.74) is 2.29. The number of carbonyl (C=O) groups excluding carboxylic acids is 1. The first kappa shape index (κ1) is 15.8. The number of benzene rings is 3. The number of nitrogens with one attached hydrogen (secondary N) is 1. The molecule has 6 heteroatoms. The highest BCUT2D eigenvalue weighted by Crippen LogP contribution is 2.22. The number of hydrogen-bond acceptors (Lipinski definition) is 4. The second-order valence-corrected chi connectivity index (χ2v) is 5.72. The third kappa shape index (κ3) is 3.54. The number of para-hydroxylation sites is 2. The van der Waals surface area contributed by atoms with Crippen LogP contribution in [0.1, 0.15) is 0 Å². The van der Waals surface area contributed by atoms with Gasteiger partial charge < -0.3 is 10.1 Å². The smallest absolute Gasteiger partial charge is 0.246 e. The normalized spacial score (nSPS) is 10.6. The first-order valence-electron chi connectivity index (χ1n) is 8.19. The van der Waals surface area contributed by atoms with E-state index in [4.69, 9.17) is 4.74 Å². The average Bonchev–Trinajstić information content (AvgIpc) is 3.07. The summed E-state index contributed by atoms with van der Waals surface area (Å²) in [6.45, 7) is 0.1000. The fourth-order valence-corrected chi connectivity index (χ4v) is 2.60. The highest BCUT2D eigenvalue weighted by atomic mass is 16.5. The lowest BCUT2D eigenvalue weighted by Gasteiger charge is -2.08. The van der Waals surface area contributed by atoms with Crippen LogP contribution in [0.15, 0.2) is 78.9 Å². The molecule has 4 aromatic rings. The van der Waals surface area contributed by atoms with Crippen molar-refractivity contribution in [3.8, 4) is 11.5 Å². The van der Waals surface area contributed by atoms with E-state index in [1.165, 1.54) is 0 Å². The molecule has 1 aromatic heterocycles. The highest BCUT2D eigenvalue weighted by Gasteiger charge is 2.09. The van der Waals surface area contributed by atoms with Crippen molar-refractivity contribution in [3.63, 3.8) is 0 Å². The Kier molecular flexibility index (Phi) is 4.30. The zero-order chi connectivity index (χ0) is 17.8. The maximum Gasteiger partial charge on any atom is 0.246 e. The number of nitrogens with zero attached hydrogens (tertiary/aromatic N) is 3. The predicted octanol–water partition coefficient (Wildman–Crippen LogP) is 3.86. The van der Waals surface area contributed by atoms with Crippen molar-refractivity contribution in [2.45, 2.75) is 6.54 Å². The molecule has 0 spiro atoms. The molecule has 4 rings (SSSR count). The van der Waals surface area contributed by atoms with Crippen molar-refractivity contribution in [1.82, 2.24) is 15.0 Å². The Bertz CT molecular complexity index is 1030. The van der Waals surface area contributed by atoms with Gasteiger partial charge in [-0.05, 0) is 48.5 Å². The second kappa shape index (κ2) is 7.06. The molecule has 26 heavy (non-hydrogen) atoms. The van der Waals surface area contributed by atoms with Crippen molar-refractivity contribution in [3.05, 3.63) is 78.9 Å². The summed E-state index contributed by atoms with van der Waals surface area (Å²) in [5, 5.41) is 10.9. The molecule has 6 nitrogen and oxygen atoms in total. The Balaban J connectivity index is 1.40. The van der Waals surface area contributed by atoms with E-state index in [1.54, 1.807) is 16.8 Å². The van der Waals surface area contributed by atoms with Crippen molar-refractivity contribution in [2.75, 3.05) is 5.32 Å². The highest BCUT2D eigenvalue weighted by molar-refractivity contribution is 5.91. The summed E-state index contributed by atoms with van der Waals surface area (Å²) in [5.74, 6) is 1.30. The van der Waals surface area contributed by atoms with Gasteiger partial charge in [0.2, 0.25) is 5.91 Å². The summed E-state index contributed by atoms with van der Waals surface area (Å²) in [6, 6.07) is 24.3. The lowest BCUT2D eigenvalue weighted by molar-refractivity contribution is -0.116. The number of hydrogen-bond donors (Lipinski definition) is 1. The van der Waals surface area contributed by atoms with Crippen molar-refractivity contribution >= 4 is 22.6 Å². The lowest BCUT2D eigenvalue weighted by atomic mass is 10.3. The van der Waals surface area contributed by atoms with E-state index < -0.39 is 0 Å². The van der Waals surface area contributed by atoms with Gasteiger partial charge in [0.1, 0.15) is 23.6 Å². The Labute approximate surface area is 150 Å². The molecular formula is C20H16N4O2. The molecule has 0 atom stereocenters. The molecule has 0 aliphatic heterocycles. The number of ether oxygens (including phenoxy) is 1. The largest absolute Gasteiger partial charge is 0.457 e. The Morgan fingerprint density at radius 2 is 1.58 bits per heavy atom. The lowest BCUT2D eigenvalue weighted by Crippen LogP contribution is -2.19. The van der Waals surface area contributed by atoms with Crippen molar-refractivity contribution in [2.24, 2.45) is 0 Å². The predicted molar refractivity (Wildman–Crippen MR) is 99.1 cm³/mol. The maximum atomic E-state index is 12.3. The summed E-state index contributed by atoms with van der Waals surface area (Å²) >= 11 is 0. The number of anilines is 1. The Morgan fingerprint density at radius 1 is 0.885 bits per heavy atom. The molecule has 3 aromatic carbocycles. The number of rotatable bonds is 5. The molecule has 0 aliphatic rings. The molecule has 0 saturated heterocycles. The van der Waals surface area contributed by atoms with E-state index in [9.17, 15) is 4.79 Å². The molecule has 0 bridgehead atoms. The van der Waals surface area contributed by atoms with Crippen LogP contribution in [-0.4, -0.2) is 20.9 Å². The number of fused-ring (bicyclic) bond motifs is 1. The summed E-state index contributed by atoms with van der Waals surface area (Å²) in [6.07, 6.45) is 0. The van der Waals surface area contributed by atoms with E-state index in [0.717, 1.165) is 16.8 Å². The number of carbonyl (C=O) groups is 1. The molecule has 0 aliphatic carbocycles. The van der Waals surface area contributed by atoms with Crippen LogP contribution in [0.5, 0.6) is 11.5 Å².